The van der Waals surface area contributed by atoms with Crippen LogP contribution in [0, 0.1) is 0 Å². The number of fused-ring (bicyclic) bond motifs is 9. The van der Waals surface area contributed by atoms with Gasteiger partial charge in [0.05, 0.1) is 5.69 Å². The van der Waals surface area contributed by atoms with Crippen LogP contribution in [0.1, 0.15) is 25.0 Å². The number of anilines is 3. The average Bonchev–Trinajstić information content (AvgIpc) is 3.73. The molecule has 0 unspecified atom stereocenters. The summed E-state index contributed by atoms with van der Waals surface area (Å²) in [6, 6.07) is 68.5. The lowest BCUT2D eigenvalue weighted by Crippen LogP contribution is -2.16. The summed E-state index contributed by atoms with van der Waals surface area (Å²) in [5.41, 5.74) is 15.1. The van der Waals surface area contributed by atoms with Crippen molar-refractivity contribution in [2.24, 2.45) is 0 Å². The van der Waals surface area contributed by atoms with Gasteiger partial charge in [0.1, 0.15) is 11.2 Å². The first-order valence-electron chi connectivity index (χ1n) is 19.1. The summed E-state index contributed by atoms with van der Waals surface area (Å²) < 4.78 is 6.39. The van der Waals surface area contributed by atoms with Gasteiger partial charge in [-0.2, -0.15) is 0 Å². The number of hydrogen-bond acceptors (Lipinski definition) is 2. The van der Waals surface area contributed by atoms with Crippen LogP contribution in [-0.4, -0.2) is 0 Å². The van der Waals surface area contributed by atoms with Gasteiger partial charge >= 0.3 is 0 Å². The Balaban J connectivity index is 1.13. The number of nitrogens with zero attached hydrogens (tertiary/aromatic N) is 1. The first-order chi connectivity index (χ1) is 27.0. The molecule has 0 spiro atoms. The van der Waals surface area contributed by atoms with Crippen molar-refractivity contribution in [2.75, 3.05) is 4.90 Å². The van der Waals surface area contributed by atoms with E-state index in [9.17, 15) is 0 Å². The maximum Gasteiger partial charge on any atom is 0.136 e. The molecule has 0 saturated heterocycles. The Kier molecular flexibility index (Phi) is 6.93. The third-order valence-corrected chi connectivity index (χ3v) is 11.9. The topological polar surface area (TPSA) is 16.4 Å². The molecular weight excluding hydrogens is 667 g/mol. The maximum atomic E-state index is 6.39. The van der Waals surface area contributed by atoms with Crippen LogP contribution in [0.2, 0.25) is 0 Å². The van der Waals surface area contributed by atoms with Crippen LogP contribution >= 0.6 is 0 Å². The van der Waals surface area contributed by atoms with Gasteiger partial charge in [0.15, 0.2) is 0 Å². The van der Waals surface area contributed by atoms with E-state index in [4.69, 9.17) is 4.42 Å². The van der Waals surface area contributed by atoms with Crippen LogP contribution in [0.15, 0.2) is 192 Å². The zero-order valence-electron chi connectivity index (χ0n) is 30.8. The van der Waals surface area contributed by atoms with E-state index >= 15 is 0 Å². The van der Waals surface area contributed by atoms with E-state index in [0.29, 0.717) is 0 Å². The van der Waals surface area contributed by atoms with Crippen LogP contribution in [0.5, 0.6) is 0 Å². The van der Waals surface area contributed by atoms with E-state index in [2.05, 4.69) is 201 Å². The molecule has 9 aromatic carbocycles. The van der Waals surface area contributed by atoms with Crippen molar-refractivity contribution in [1.82, 2.24) is 0 Å². The van der Waals surface area contributed by atoms with Crippen molar-refractivity contribution in [3.05, 3.63) is 199 Å². The zero-order chi connectivity index (χ0) is 36.7. The highest BCUT2D eigenvalue weighted by Gasteiger charge is 2.36. The van der Waals surface area contributed by atoms with Gasteiger partial charge in [-0.1, -0.05) is 153 Å². The summed E-state index contributed by atoms with van der Waals surface area (Å²) in [6.45, 7) is 4.71. The lowest BCUT2D eigenvalue weighted by Gasteiger charge is -2.30. The number of rotatable bonds is 5. The largest absolute Gasteiger partial charge is 0.456 e. The highest BCUT2D eigenvalue weighted by molar-refractivity contribution is 6.15. The predicted molar refractivity (Wildman–Crippen MR) is 232 cm³/mol. The fraction of sp³-hybridized carbons (Fsp3) is 0.0566. The molecule has 10 aromatic rings. The van der Waals surface area contributed by atoms with Crippen molar-refractivity contribution in [1.29, 1.82) is 0 Å². The Morgan fingerprint density at radius 3 is 1.87 bits per heavy atom. The van der Waals surface area contributed by atoms with Crippen LogP contribution in [0.4, 0.5) is 17.1 Å². The second kappa shape index (κ2) is 12.1. The monoisotopic (exact) mass is 703 g/mol. The Bertz CT molecular complexity index is 3130. The summed E-state index contributed by atoms with van der Waals surface area (Å²) in [5, 5.41) is 7.32. The highest BCUT2D eigenvalue weighted by atomic mass is 16.3. The van der Waals surface area contributed by atoms with Gasteiger partial charge in [0.2, 0.25) is 0 Å². The third kappa shape index (κ3) is 4.81. The van der Waals surface area contributed by atoms with Crippen molar-refractivity contribution in [3.63, 3.8) is 0 Å². The van der Waals surface area contributed by atoms with Gasteiger partial charge in [0.25, 0.3) is 0 Å². The molecule has 260 valence electrons. The zero-order valence-corrected chi connectivity index (χ0v) is 30.8. The summed E-state index contributed by atoms with van der Waals surface area (Å²) in [6.07, 6.45) is 0. The van der Waals surface area contributed by atoms with Crippen molar-refractivity contribution in [2.45, 2.75) is 19.3 Å². The Morgan fingerprint density at radius 1 is 0.400 bits per heavy atom. The molecule has 2 nitrogen and oxygen atoms in total. The lowest BCUT2D eigenvalue weighted by atomic mass is 9.82. The van der Waals surface area contributed by atoms with Gasteiger partial charge in [-0.15, -0.1) is 0 Å². The molecule has 0 N–H and O–H groups in total. The fourth-order valence-corrected chi connectivity index (χ4v) is 9.24. The molecule has 11 rings (SSSR count). The number of hydrogen-bond donors (Lipinski definition) is 0. The van der Waals surface area contributed by atoms with Crippen molar-refractivity contribution >= 4 is 60.5 Å². The van der Waals surface area contributed by atoms with Gasteiger partial charge in [-0.25, -0.2) is 0 Å². The molecule has 0 bridgehead atoms. The van der Waals surface area contributed by atoms with Crippen LogP contribution < -0.4 is 4.90 Å². The third-order valence-electron chi connectivity index (χ3n) is 11.9. The normalized spacial score (nSPS) is 13.1. The SMILES string of the molecule is CC1(C)c2ccccc2-c2ccc(N(c3ccc(-c4cc5ccccc5c5ccccc45)cc3)c3ccccc3-c3cccc4oc5ccccc5c34)cc21. The molecule has 55 heavy (non-hydrogen) atoms. The lowest BCUT2D eigenvalue weighted by molar-refractivity contribution is 0.660. The first kappa shape index (κ1) is 31.6. The van der Waals surface area contributed by atoms with E-state index in [-0.39, 0.29) is 5.41 Å². The summed E-state index contributed by atoms with van der Waals surface area (Å²) in [5.74, 6) is 0. The predicted octanol–water partition coefficient (Wildman–Crippen LogP) is 15.0. The quantitative estimate of drug-likeness (QED) is 0.166. The first-order valence-corrected chi connectivity index (χ1v) is 19.1. The van der Waals surface area contributed by atoms with E-state index in [0.717, 1.165) is 50.1 Å². The minimum Gasteiger partial charge on any atom is -0.456 e. The standard InChI is InChI=1S/C53H37NO/c1-53(2)47-22-10-7-18-41(47)42-31-30-37(33-48(42)53)54(49-23-11-8-19-43(49)44-21-13-25-51-52(44)45-20-9-12-24-50(45)55-51)36-28-26-34(27-29-36)46-32-35-14-3-4-15-38(35)39-16-5-6-17-40(39)46/h3-33H,1-2H3. The number of benzene rings is 9. The second-order valence-corrected chi connectivity index (χ2v) is 15.3. The van der Waals surface area contributed by atoms with Crippen molar-refractivity contribution < 1.29 is 4.42 Å². The Hall–Kier alpha value is -6.90. The van der Waals surface area contributed by atoms with Gasteiger partial charge in [0, 0.05) is 33.1 Å². The molecule has 1 heterocycles. The van der Waals surface area contributed by atoms with Gasteiger partial charge < -0.3 is 9.32 Å². The van der Waals surface area contributed by atoms with Crippen LogP contribution in [0.25, 0.3) is 76.9 Å². The molecule has 0 radical (unpaired) electrons. The molecule has 0 aliphatic heterocycles. The highest BCUT2D eigenvalue weighted by Crippen LogP contribution is 2.52. The number of furan rings is 1. The van der Waals surface area contributed by atoms with Crippen LogP contribution in [-0.2, 0) is 5.41 Å². The smallest absolute Gasteiger partial charge is 0.136 e. The van der Waals surface area contributed by atoms with Crippen molar-refractivity contribution in [3.8, 4) is 33.4 Å². The molecule has 1 aromatic heterocycles. The Morgan fingerprint density at radius 2 is 1.02 bits per heavy atom. The molecular formula is C53H37NO. The average molecular weight is 704 g/mol. The summed E-state index contributed by atoms with van der Waals surface area (Å²) in [7, 11) is 0. The minimum absolute atomic E-state index is 0.130. The molecule has 2 heteroatoms. The fourth-order valence-electron chi connectivity index (χ4n) is 9.24. The molecule has 1 aliphatic carbocycles. The number of para-hydroxylation sites is 2. The minimum atomic E-state index is -0.130. The van der Waals surface area contributed by atoms with Crippen LogP contribution in [0.3, 0.4) is 0 Å². The van der Waals surface area contributed by atoms with Gasteiger partial charge in [-0.05, 0) is 109 Å². The van der Waals surface area contributed by atoms with Gasteiger partial charge in [-0.3, -0.25) is 0 Å². The molecule has 0 saturated carbocycles. The summed E-state index contributed by atoms with van der Waals surface area (Å²) >= 11 is 0. The Labute approximate surface area is 320 Å². The molecule has 0 fully saturated rings. The maximum absolute atomic E-state index is 6.39. The molecule has 0 amide bonds. The van der Waals surface area contributed by atoms with E-state index < -0.39 is 0 Å². The van der Waals surface area contributed by atoms with E-state index in [1.165, 1.54) is 54.9 Å². The second-order valence-electron chi connectivity index (χ2n) is 15.3. The van der Waals surface area contributed by atoms with E-state index in [1.54, 1.807) is 0 Å². The van der Waals surface area contributed by atoms with E-state index in [1.807, 2.05) is 6.07 Å². The molecule has 1 aliphatic rings. The molecule has 0 atom stereocenters. The summed E-state index contributed by atoms with van der Waals surface area (Å²) in [4.78, 5) is 2.44.